The number of nitrogens with zero attached hydrogens (tertiary/aromatic N) is 1. The number of benzene rings is 1. The molecule has 0 aliphatic heterocycles. The third-order valence-corrected chi connectivity index (χ3v) is 2.92. The van der Waals surface area contributed by atoms with E-state index < -0.39 is 0 Å². The Hall–Kier alpha value is -2.20. The maximum absolute atomic E-state index is 12.0. The first-order valence-electron chi connectivity index (χ1n) is 6.17. The number of hydrogen-bond donors (Lipinski definition) is 2. The van der Waals surface area contributed by atoms with Gasteiger partial charge in [-0.25, -0.2) is 0 Å². The number of Topliss-reactive ketones (excluding diaryl/α,β-unsaturated/α-hetero) is 1. The minimum absolute atomic E-state index is 0.0302. The second-order valence-electron chi connectivity index (χ2n) is 4.42. The van der Waals surface area contributed by atoms with Gasteiger partial charge in [0.2, 0.25) is 0 Å². The van der Waals surface area contributed by atoms with Gasteiger partial charge >= 0.3 is 0 Å². The first-order chi connectivity index (χ1) is 9.16. The zero-order chi connectivity index (χ0) is 13.7. The second-order valence-corrected chi connectivity index (χ2v) is 4.42. The predicted octanol–water partition coefficient (Wildman–Crippen LogP) is 1.94. The predicted molar refractivity (Wildman–Crippen MR) is 75.9 cm³/mol. The van der Waals surface area contributed by atoms with Gasteiger partial charge in [-0.1, -0.05) is 18.2 Å². The number of pyridine rings is 1. The summed E-state index contributed by atoms with van der Waals surface area (Å²) in [6, 6.07) is 11.1. The van der Waals surface area contributed by atoms with Gasteiger partial charge in [-0.15, -0.1) is 0 Å². The van der Waals surface area contributed by atoms with Crippen LogP contribution in [0.1, 0.15) is 21.6 Å². The summed E-state index contributed by atoms with van der Waals surface area (Å²) in [5.74, 6) is 0.0302. The molecule has 0 spiro atoms. The van der Waals surface area contributed by atoms with E-state index in [1.165, 1.54) is 0 Å². The van der Waals surface area contributed by atoms with Crippen LogP contribution in [-0.4, -0.2) is 17.3 Å². The molecule has 0 aliphatic rings. The SMILES string of the molecule is Cc1ccc(C(=O)CNCc2ccccn2)cc1N. The third-order valence-electron chi connectivity index (χ3n) is 2.92. The molecule has 0 radical (unpaired) electrons. The first-order valence-corrected chi connectivity index (χ1v) is 6.17. The number of carbonyl (C=O) groups is 1. The molecule has 4 heteroatoms. The van der Waals surface area contributed by atoms with Crippen molar-refractivity contribution in [2.45, 2.75) is 13.5 Å². The Labute approximate surface area is 112 Å². The van der Waals surface area contributed by atoms with Crippen molar-refractivity contribution in [3.63, 3.8) is 0 Å². The normalized spacial score (nSPS) is 10.4. The summed E-state index contributed by atoms with van der Waals surface area (Å²) in [5.41, 5.74) is 8.98. The highest BCUT2D eigenvalue weighted by Crippen LogP contribution is 2.13. The number of nitrogen functional groups attached to an aromatic ring is 1. The Bertz CT molecular complexity index is 567. The van der Waals surface area contributed by atoms with Gasteiger partial charge in [-0.3, -0.25) is 9.78 Å². The number of aromatic nitrogens is 1. The molecule has 0 atom stereocenters. The Balaban J connectivity index is 1.89. The number of hydrogen-bond acceptors (Lipinski definition) is 4. The average Bonchev–Trinajstić information content (AvgIpc) is 2.43. The monoisotopic (exact) mass is 255 g/mol. The Morgan fingerprint density at radius 1 is 1.32 bits per heavy atom. The zero-order valence-electron chi connectivity index (χ0n) is 10.9. The van der Waals surface area contributed by atoms with Crippen LogP contribution >= 0.6 is 0 Å². The van der Waals surface area contributed by atoms with Crippen LogP contribution < -0.4 is 11.1 Å². The fraction of sp³-hybridized carbons (Fsp3) is 0.200. The van der Waals surface area contributed by atoms with Crippen LogP contribution in [0.2, 0.25) is 0 Å². The molecule has 98 valence electrons. The number of anilines is 1. The lowest BCUT2D eigenvalue weighted by molar-refractivity contribution is 0.0990. The van der Waals surface area contributed by atoms with E-state index in [1.807, 2.05) is 31.2 Å². The highest BCUT2D eigenvalue weighted by Gasteiger charge is 2.06. The molecule has 0 bridgehead atoms. The molecule has 0 fully saturated rings. The van der Waals surface area contributed by atoms with Crippen molar-refractivity contribution in [2.75, 3.05) is 12.3 Å². The molecule has 0 unspecified atom stereocenters. The van der Waals surface area contributed by atoms with Crippen LogP contribution in [0.3, 0.4) is 0 Å². The van der Waals surface area contributed by atoms with Crippen LogP contribution in [0.4, 0.5) is 5.69 Å². The van der Waals surface area contributed by atoms with Crippen molar-refractivity contribution >= 4 is 11.5 Å². The van der Waals surface area contributed by atoms with Crippen LogP contribution in [-0.2, 0) is 6.54 Å². The van der Waals surface area contributed by atoms with Crippen LogP contribution in [0.5, 0.6) is 0 Å². The van der Waals surface area contributed by atoms with E-state index in [1.54, 1.807) is 18.3 Å². The summed E-state index contributed by atoms with van der Waals surface area (Å²) in [5, 5.41) is 3.08. The van der Waals surface area contributed by atoms with Crippen LogP contribution in [0.15, 0.2) is 42.6 Å². The third kappa shape index (κ3) is 3.63. The number of ketones is 1. The van der Waals surface area contributed by atoms with Crippen molar-refractivity contribution in [1.82, 2.24) is 10.3 Å². The zero-order valence-corrected chi connectivity index (χ0v) is 10.9. The van der Waals surface area contributed by atoms with Crippen LogP contribution in [0, 0.1) is 6.92 Å². The molecule has 19 heavy (non-hydrogen) atoms. The first kappa shape index (κ1) is 13.2. The molecule has 1 aromatic heterocycles. The van der Waals surface area contributed by atoms with Gasteiger partial charge in [0.05, 0.1) is 12.2 Å². The minimum Gasteiger partial charge on any atom is -0.398 e. The molecule has 1 heterocycles. The van der Waals surface area contributed by atoms with Crippen molar-refractivity contribution < 1.29 is 4.79 Å². The quantitative estimate of drug-likeness (QED) is 0.633. The highest BCUT2D eigenvalue weighted by molar-refractivity contribution is 5.98. The molecule has 3 N–H and O–H groups in total. The van der Waals surface area contributed by atoms with Gasteiger partial charge in [0.1, 0.15) is 0 Å². The van der Waals surface area contributed by atoms with Gasteiger partial charge < -0.3 is 11.1 Å². The molecule has 0 saturated heterocycles. The maximum Gasteiger partial charge on any atom is 0.176 e. The van der Waals surface area contributed by atoms with Crippen molar-refractivity contribution in [2.24, 2.45) is 0 Å². The summed E-state index contributed by atoms with van der Waals surface area (Å²) in [6.07, 6.45) is 1.74. The van der Waals surface area contributed by atoms with Crippen molar-refractivity contribution in [3.8, 4) is 0 Å². The molecule has 0 aliphatic carbocycles. The lowest BCUT2D eigenvalue weighted by atomic mass is 10.1. The summed E-state index contributed by atoms with van der Waals surface area (Å²) >= 11 is 0. The number of nitrogens with two attached hydrogens (primary N) is 1. The number of nitrogens with one attached hydrogen (secondary N) is 1. The molecule has 2 aromatic rings. The van der Waals surface area contributed by atoms with Gasteiger partial charge in [0.25, 0.3) is 0 Å². The highest BCUT2D eigenvalue weighted by atomic mass is 16.1. The second kappa shape index (κ2) is 6.11. The lowest BCUT2D eigenvalue weighted by Crippen LogP contribution is -2.23. The van der Waals surface area contributed by atoms with Crippen molar-refractivity contribution in [1.29, 1.82) is 0 Å². The summed E-state index contributed by atoms with van der Waals surface area (Å²) in [7, 11) is 0. The fourth-order valence-electron chi connectivity index (χ4n) is 1.72. The molecule has 0 amide bonds. The Kier molecular flexibility index (Phi) is 4.26. The molecular formula is C15H17N3O. The number of aryl methyl sites for hydroxylation is 1. The minimum atomic E-state index is 0.0302. The van der Waals surface area contributed by atoms with E-state index >= 15 is 0 Å². The molecule has 4 nitrogen and oxygen atoms in total. The van der Waals surface area contributed by atoms with E-state index in [2.05, 4.69) is 10.3 Å². The summed E-state index contributed by atoms with van der Waals surface area (Å²) < 4.78 is 0. The number of rotatable bonds is 5. The van der Waals surface area contributed by atoms with Crippen LogP contribution in [0.25, 0.3) is 0 Å². The van der Waals surface area contributed by atoms with E-state index in [4.69, 9.17) is 5.73 Å². The van der Waals surface area contributed by atoms with Gasteiger partial charge in [0, 0.05) is 24.0 Å². The molecule has 1 aromatic carbocycles. The average molecular weight is 255 g/mol. The standard InChI is InChI=1S/C15H17N3O/c1-11-5-6-12(8-14(11)16)15(19)10-17-9-13-4-2-3-7-18-13/h2-8,17H,9-10,16H2,1H3. The van der Waals surface area contributed by atoms with Crippen molar-refractivity contribution in [3.05, 3.63) is 59.4 Å². The van der Waals surface area contributed by atoms with E-state index in [9.17, 15) is 4.79 Å². The lowest BCUT2D eigenvalue weighted by Gasteiger charge is -2.06. The molecular weight excluding hydrogens is 238 g/mol. The Morgan fingerprint density at radius 2 is 2.16 bits per heavy atom. The van der Waals surface area contributed by atoms with Gasteiger partial charge in [0.15, 0.2) is 5.78 Å². The van der Waals surface area contributed by atoms with E-state index in [-0.39, 0.29) is 12.3 Å². The Morgan fingerprint density at radius 3 is 2.84 bits per heavy atom. The molecule has 0 saturated carbocycles. The maximum atomic E-state index is 12.0. The van der Waals surface area contributed by atoms with E-state index in [0.717, 1.165) is 11.3 Å². The summed E-state index contributed by atoms with van der Waals surface area (Å²) in [4.78, 5) is 16.1. The molecule has 2 rings (SSSR count). The van der Waals surface area contributed by atoms with Gasteiger partial charge in [-0.05, 0) is 30.7 Å². The summed E-state index contributed by atoms with van der Waals surface area (Å²) in [6.45, 7) is 2.77. The van der Waals surface area contributed by atoms with Gasteiger partial charge in [-0.2, -0.15) is 0 Å². The fourth-order valence-corrected chi connectivity index (χ4v) is 1.72. The topological polar surface area (TPSA) is 68.0 Å². The van der Waals surface area contributed by atoms with E-state index in [0.29, 0.717) is 17.8 Å². The smallest absolute Gasteiger partial charge is 0.176 e. The number of carbonyl (C=O) groups excluding carboxylic acids is 1. The largest absolute Gasteiger partial charge is 0.398 e.